The summed E-state index contributed by atoms with van der Waals surface area (Å²) in [6, 6.07) is 7.61. The van der Waals surface area contributed by atoms with Crippen LogP contribution in [0.2, 0.25) is 0 Å². The molecule has 1 aromatic heterocycles. The van der Waals surface area contributed by atoms with E-state index in [4.69, 9.17) is 14.0 Å². The zero-order valence-electron chi connectivity index (χ0n) is 15.5. The minimum atomic E-state index is 0.326. The third-order valence-electron chi connectivity index (χ3n) is 6.83. The summed E-state index contributed by atoms with van der Waals surface area (Å²) in [7, 11) is 0. The molecule has 7 nitrogen and oxygen atoms in total. The van der Waals surface area contributed by atoms with Crippen molar-refractivity contribution in [2.45, 2.75) is 44.3 Å². The first-order valence-electron chi connectivity index (χ1n) is 9.93. The van der Waals surface area contributed by atoms with E-state index in [1.165, 1.54) is 31.5 Å². The van der Waals surface area contributed by atoms with Crippen molar-refractivity contribution in [1.29, 1.82) is 0 Å². The molecule has 0 radical (unpaired) electrons. The van der Waals surface area contributed by atoms with Gasteiger partial charge in [-0.2, -0.15) is 4.98 Å². The Labute approximate surface area is 158 Å². The van der Waals surface area contributed by atoms with E-state index >= 15 is 0 Å². The van der Waals surface area contributed by atoms with Gasteiger partial charge in [-0.3, -0.25) is 9.80 Å². The molecule has 27 heavy (non-hydrogen) atoms. The molecule has 142 valence electrons. The minimum absolute atomic E-state index is 0.326. The molecule has 0 spiro atoms. The van der Waals surface area contributed by atoms with Gasteiger partial charge in [-0.25, -0.2) is 0 Å². The standard InChI is InChI=1S/C20H24N4O3/c1-12-21-18(22-27-12)10-24-9-15(14-2-3-16-17(8-14)26-11-25-16)20-19(24)13-4-6-23(20)7-5-13/h2-3,8,13,15,19-20H,4-7,9-11H2,1H3/t15-,19+,20+/m0/s1. The van der Waals surface area contributed by atoms with Crippen molar-refractivity contribution in [3.05, 3.63) is 35.5 Å². The van der Waals surface area contributed by atoms with Crippen LogP contribution in [0.1, 0.15) is 36.0 Å². The highest BCUT2D eigenvalue weighted by atomic mass is 16.7. The molecule has 2 aromatic rings. The Hall–Kier alpha value is -2.12. The number of rotatable bonds is 3. The van der Waals surface area contributed by atoms with Gasteiger partial charge < -0.3 is 14.0 Å². The SMILES string of the molecule is Cc1nc(CN2C[C@@H](c3ccc4c(c3)OCO4)[C@@H]3[C@H]2C2CCN3CC2)no1. The van der Waals surface area contributed by atoms with E-state index in [0.29, 0.717) is 30.7 Å². The minimum Gasteiger partial charge on any atom is -0.454 e. The Morgan fingerprint density at radius 3 is 2.78 bits per heavy atom. The Morgan fingerprint density at radius 2 is 1.96 bits per heavy atom. The zero-order chi connectivity index (χ0) is 18.0. The molecule has 7 rings (SSSR count). The fraction of sp³-hybridized carbons (Fsp3) is 0.600. The van der Waals surface area contributed by atoms with Crippen LogP contribution in [0, 0.1) is 12.8 Å². The van der Waals surface area contributed by atoms with Gasteiger partial charge in [0.25, 0.3) is 0 Å². The topological polar surface area (TPSA) is 63.9 Å². The summed E-state index contributed by atoms with van der Waals surface area (Å²) in [5, 5.41) is 4.15. The molecule has 5 aliphatic heterocycles. The molecule has 7 heteroatoms. The fourth-order valence-electron chi connectivity index (χ4n) is 5.75. The predicted molar refractivity (Wildman–Crippen MR) is 96.6 cm³/mol. The van der Waals surface area contributed by atoms with Crippen molar-refractivity contribution in [2.75, 3.05) is 26.4 Å². The van der Waals surface area contributed by atoms with E-state index in [2.05, 4.69) is 38.1 Å². The van der Waals surface area contributed by atoms with Crippen LogP contribution < -0.4 is 9.47 Å². The first-order chi connectivity index (χ1) is 13.3. The molecule has 4 saturated heterocycles. The normalized spacial score (nSPS) is 34.2. The van der Waals surface area contributed by atoms with Crippen molar-refractivity contribution in [2.24, 2.45) is 5.92 Å². The van der Waals surface area contributed by atoms with Crippen molar-refractivity contribution in [3.63, 3.8) is 0 Å². The smallest absolute Gasteiger partial charge is 0.231 e. The summed E-state index contributed by atoms with van der Waals surface area (Å²) >= 11 is 0. The number of ether oxygens (including phenoxy) is 2. The van der Waals surface area contributed by atoms with E-state index < -0.39 is 0 Å². The molecule has 1 aromatic carbocycles. The number of benzene rings is 1. The summed E-state index contributed by atoms with van der Waals surface area (Å²) in [6.45, 7) is 6.42. The van der Waals surface area contributed by atoms with Crippen molar-refractivity contribution >= 4 is 0 Å². The van der Waals surface area contributed by atoms with E-state index in [9.17, 15) is 0 Å². The lowest BCUT2D eigenvalue weighted by molar-refractivity contribution is -0.00943. The Morgan fingerprint density at radius 1 is 1.11 bits per heavy atom. The maximum Gasteiger partial charge on any atom is 0.231 e. The van der Waals surface area contributed by atoms with Gasteiger partial charge in [-0.05, 0) is 49.5 Å². The van der Waals surface area contributed by atoms with Crippen LogP contribution >= 0.6 is 0 Å². The molecule has 0 aliphatic carbocycles. The van der Waals surface area contributed by atoms with Gasteiger partial charge in [0.15, 0.2) is 17.3 Å². The van der Waals surface area contributed by atoms with Gasteiger partial charge in [-0.1, -0.05) is 11.2 Å². The number of hydrogen-bond acceptors (Lipinski definition) is 7. The molecule has 0 saturated carbocycles. The number of nitrogens with zero attached hydrogens (tertiary/aromatic N) is 4. The zero-order valence-corrected chi connectivity index (χ0v) is 15.5. The van der Waals surface area contributed by atoms with Gasteiger partial charge in [0.2, 0.25) is 12.7 Å². The second kappa shape index (κ2) is 5.94. The second-order valence-electron chi connectivity index (χ2n) is 8.23. The van der Waals surface area contributed by atoms with Gasteiger partial charge >= 0.3 is 0 Å². The van der Waals surface area contributed by atoms with Gasteiger partial charge in [0.05, 0.1) is 6.54 Å². The number of aryl methyl sites for hydroxylation is 1. The van der Waals surface area contributed by atoms with Crippen LogP contribution in [0.3, 0.4) is 0 Å². The van der Waals surface area contributed by atoms with Crippen LogP contribution in [-0.2, 0) is 6.54 Å². The van der Waals surface area contributed by atoms with Crippen molar-refractivity contribution < 1.29 is 14.0 Å². The van der Waals surface area contributed by atoms with Gasteiger partial charge in [0.1, 0.15) is 0 Å². The van der Waals surface area contributed by atoms with E-state index in [0.717, 1.165) is 36.3 Å². The summed E-state index contributed by atoms with van der Waals surface area (Å²) in [6.07, 6.45) is 2.60. The molecule has 2 bridgehead atoms. The predicted octanol–water partition coefficient (Wildman–Crippen LogP) is 2.17. The number of likely N-dealkylation sites (tertiary alicyclic amines) is 1. The lowest BCUT2D eigenvalue weighted by Crippen LogP contribution is -2.60. The number of hydrogen-bond donors (Lipinski definition) is 0. The Balaban J connectivity index is 1.34. The summed E-state index contributed by atoms with van der Waals surface area (Å²) in [5.74, 6) is 4.42. The molecular weight excluding hydrogens is 344 g/mol. The highest BCUT2D eigenvalue weighted by Crippen LogP contribution is 2.48. The van der Waals surface area contributed by atoms with E-state index in [1.54, 1.807) is 0 Å². The lowest BCUT2D eigenvalue weighted by Gasteiger charge is -2.51. The molecule has 3 atom stereocenters. The highest BCUT2D eigenvalue weighted by molar-refractivity contribution is 5.46. The Bertz CT molecular complexity index is 861. The molecule has 6 heterocycles. The van der Waals surface area contributed by atoms with E-state index in [1.807, 2.05) is 6.92 Å². The number of fused-ring (bicyclic) bond motifs is 3. The molecule has 4 fully saturated rings. The quantitative estimate of drug-likeness (QED) is 0.823. The van der Waals surface area contributed by atoms with Crippen LogP contribution in [-0.4, -0.2) is 58.5 Å². The third-order valence-corrected chi connectivity index (χ3v) is 6.83. The first-order valence-corrected chi connectivity index (χ1v) is 9.93. The van der Waals surface area contributed by atoms with Crippen molar-refractivity contribution in [1.82, 2.24) is 19.9 Å². The lowest BCUT2D eigenvalue weighted by atomic mass is 9.75. The molecule has 0 unspecified atom stereocenters. The average Bonchev–Trinajstić information content (AvgIpc) is 3.42. The van der Waals surface area contributed by atoms with E-state index in [-0.39, 0.29) is 0 Å². The van der Waals surface area contributed by atoms with Crippen LogP contribution in [0.15, 0.2) is 22.7 Å². The third kappa shape index (κ3) is 2.48. The largest absolute Gasteiger partial charge is 0.454 e. The van der Waals surface area contributed by atoms with Crippen LogP contribution in [0.5, 0.6) is 11.5 Å². The summed E-state index contributed by atoms with van der Waals surface area (Å²) < 4.78 is 16.4. The Kier molecular flexibility index (Phi) is 3.50. The summed E-state index contributed by atoms with van der Waals surface area (Å²) in [4.78, 5) is 9.76. The van der Waals surface area contributed by atoms with Crippen LogP contribution in [0.4, 0.5) is 0 Å². The molecule has 5 aliphatic rings. The first kappa shape index (κ1) is 15.9. The average molecular weight is 368 g/mol. The second-order valence-corrected chi connectivity index (χ2v) is 8.23. The molecular formula is C20H24N4O3. The monoisotopic (exact) mass is 368 g/mol. The molecule has 0 N–H and O–H groups in total. The number of aromatic nitrogens is 2. The van der Waals surface area contributed by atoms with Crippen molar-refractivity contribution in [3.8, 4) is 11.5 Å². The molecule has 0 amide bonds. The summed E-state index contributed by atoms with van der Waals surface area (Å²) in [5.41, 5.74) is 1.36. The number of piperidine rings is 3. The van der Waals surface area contributed by atoms with Gasteiger partial charge in [0, 0.05) is 31.5 Å². The highest BCUT2D eigenvalue weighted by Gasteiger charge is 2.53. The maximum absolute atomic E-state index is 5.64. The van der Waals surface area contributed by atoms with Crippen LogP contribution in [0.25, 0.3) is 0 Å². The van der Waals surface area contributed by atoms with Gasteiger partial charge in [-0.15, -0.1) is 0 Å². The fourth-order valence-corrected chi connectivity index (χ4v) is 5.75. The maximum atomic E-state index is 5.64.